The Labute approximate surface area is 179 Å². The fourth-order valence-electron chi connectivity index (χ4n) is 4.32. The number of rotatable bonds is 5. The summed E-state index contributed by atoms with van der Waals surface area (Å²) in [6, 6.07) is 12.3. The highest BCUT2D eigenvalue weighted by molar-refractivity contribution is 5.86. The van der Waals surface area contributed by atoms with Crippen LogP contribution >= 0.6 is 0 Å². The largest absolute Gasteiger partial charge is 0.356 e. The van der Waals surface area contributed by atoms with Crippen molar-refractivity contribution < 1.29 is 9.59 Å². The molecule has 1 N–H and O–H groups in total. The zero-order chi connectivity index (χ0) is 21.8. The Morgan fingerprint density at radius 3 is 2.60 bits per heavy atom. The smallest absolute Gasteiger partial charge is 0.228 e. The first kappa shape index (κ1) is 22.0. The molecule has 1 fully saturated rings. The molecule has 160 valence electrons. The van der Waals surface area contributed by atoms with Gasteiger partial charge in [0, 0.05) is 37.4 Å². The molecule has 1 aliphatic heterocycles. The molecule has 3 rings (SSSR count). The lowest BCUT2D eigenvalue weighted by atomic mass is 9.73. The molecule has 0 spiro atoms. The second-order valence-corrected chi connectivity index (χ2v) is 9.34. The third-order valence-corrected chi connectivity index (χ3v) is 5.79. The summed E-state index contributed by atoms with van der Waals surface area (Å²) in [7, 11) is 0. The van der Waals surface area contributed by atoms with Crippen molar-refractivity contribution >= 4 is 11.8 Å². The normalized spacial score (nSPS) is 19.4. The van der Waals surface area contributed by atoms with E-state index in [0.717, 1.165) is 29.5 Å². The molecule has 30 heavy (non-hydrogen) atoms. The molecule has 0 radical (unpaired) electrons. The number of pyridine rings is 1. The number of benzene rings is 1. The van der Waals surface area contributed by atoms with Crippen molar-refractivity contribution in [1.82, 2.24) is 15.2 Å². The summed E-state index contributed by atoms with van der Waals surface area (Å²) in [5, 5.41) is 3.03. The Morgan fingerprint density at radius 2 is 1.93 bits per heavy atom. The van der Waals surface area contributed by atoms with Crippen molar-refractivity contribution in [2.75, 3.05) is 19.6 Å². The first-order valence-electron chi connectivity index (χ1n) is 10.8. The molecule has 5 nitrogen and oxygen atoms in total. The van der Waals surface area contributed by atoms with Gasteiger partial charge < -0.3 is 10.2 Å². The number of likely N-dealkylation sites (tertiary alicyclic amines) is 1. The van der Waals surface area contributed by atoms with Crippen LogP contribution in [0.15, 0.2) is 48.8 Å². The van der Waals surface area contributed by atoms with Crippen molar-refractivity contribution in [2.24, 2.45) is 10.8 Å². The van der Waals surface area contributed by atoms with Crippen molar-refractivity contribution in [3.8, 4) is 11.1 Å². The van der Waals surface area contributed by atoms with Gasteiger partial charge in [-0.15, -0.1) is 0 Å². The predicted octanol–water partition coefficient (Wildman–Crippen LogP) is 4.08. The van der Waals surface area contributed by atoms with Gasteiger partial charge in [0.05, 0.1) is 5.41 Å². The number of carbonyl (C=O) groups is 2. The Hall–Kier alpha value is -2.69. The third-order valence-electron chi connectivity index (χ3n) is 5.79. The topological polar surface area (TPSA) is 62.3 Å². The van der Waals surface area contributed by atoms with Gasteiger partial charge in [0.15, 0.2) is 0 Å². The second-order valence-electron chi connectivity index (χ2n) is 9.34. The minimum atomic E-state index is -0.608. The molecule has 5 heteroatoms. The van der Waals surface area contributed by atoms with Gasteiger partial charge in [0.2, 0.25) is 11.8 Å². The van der Waals surface area contributed by atoms with E-state index < -0.39 is 10.8 Å². The number of nitrogens with zero attached hydrogens (tertiary/aromatic N) is 2. The van der Waals surface area contributed by atoms with Crippen molar-refractivity contribution in [1.29, 1.82) is 0 Å². The highest BCUT2D eigenvalue weighted by Crippen LogP contribution is 2.36. The number of nitrogens with one attached hydrogen (secondary N) is 1. The molecule has 0 saturated carbocycles. The first-order chi connectivity index (χ1) is 14.2. The predicted molar refractivity (Wildman–Crippen MR) is 120 cm³/mol. The minimum absolute atomic E-state index is 0.0446. The monoisotopic (exact) mass is 407 g/mol. The number of piperidine rings is 1. The number of hydrogen-bond acceptors (Lipinski definition) is 3. The van der Waals surface area contributed by atoms with E-state index in [0.29, 0.717) is 26.1 Å². The fraction of sp³-hybridized carbons (Fsp3) is 0.480. The maximum atomic E-state index is 13.2. The van der Waals surface area contributed by atoms with Gasteiger partial charge in [0.1, 0.15) is 0 Å². The molecular weight excluding hydrogens is 374 g/mol. The van der Waals surface area contributed by atoms with E-state index in [4.69, 9.17) is 0 Å². The van der Waals surface area contributed by atoms with Crippen molar-refractivity contribution in [3.05, 3.63) is 54.4 Å². The molecule has 0 aliphatic carbocycles. The number of aromatic nitrogens is 1. The first-order valence-corrected chi connectivity index (χ1v) is 10.8. The zero-order valence-corrected chi connectivity index (χ0v) is 18.6. The van der Waals surface area contributed by atoms with Crippen LogP contribution in [0, 0.1) is 10.8 Å². The molecule has 0 unspecified atom stereocenters. The molecule has 1 aromatic heterocycles. The highest BCUT2D eigenvalue weighted by Gasteiger charge is 2.44. The third kappa shape index (κ3) is 4.89. The Balaban J connectivity index is 1.91. The zero-order valence-electron chi connectivity index (χ0n) is 18.6. The molecule has 2 aromatic rings. The van der Waals surface area contributed by atoms with E-state index in [1.165, 1.54) is 0 Å². The number of amides is 2. The van der Waals surface area contributed by atoms with Crippen LogP contribution in [-0.4, -0.2) is 41.3 Å². The minimum Gasteiger partial charge on any atom is -0.356 e. The number of hydrogen-bond donors (Lipinski definition) is 1. The quantitative estimate of drug-likeness (QED) is 0.812. The van der Waals surface area contributed by atoms with Crippen molar-refractivity contribution in [2.45, 2.75) is 47.0 Å². The molecule has 2 amide bonds. The van der Waals surface area contributed by atoms with E-state index in [-0.39, 0.29) is 11.8 Å². The fourth-order valence-corrected chi connectivity index (χ4v) is 4.32. The van der Waals surface area contributed by atoms with Gasteiger partial charge in [-0.2, -0.15) is 0 Å². The summed E-state index contributed by atoms with van der Waals surface area (Å²) < 4.78 is 0. The maximum Gasteiger partial charge on any atom is 0.228 e. The van der Waals surface area contributed by atoms with E-state index in [2.05, 4.69) is 28.5 Å². The number of carbonyl (C=O) groups excluding carboxylic acids is 2. The Kier molecular flexibility index (Phi) is 6.59. The van der Waals surface area contributed by atoms with E-state index >= 15 is 0 Å². The Morgan fingerprint density at radius 1 is 1.17 bits per heavy atom. The van der Waals surface area contributed by atoms with Crippen LogP contribution in [0.25, 0.3) is 11.1 Å². The van der Waals surface area contributed by atoms with Crippen molar-refractivity contribution in [3.63, 3.8) is 0 Å². The summed E-state index contributed by atoms with van der Waals surface area (Å²) in [4.78, 5) is 32.3. The SMILES string of the molecule is CCNC(=O)[C@@]1(Cc2cccc(-c3cccnc3)c2)CCCN(C(=O)C(C)(C)C)C1. The van der Waals surface area contributed by atoms with Gasteiger partial charge >= 0.3 is 0 Å². The maximum absolute atomic E-state index is 13.2. The summed E-state index contributed by atoms with van der Waals surface area (Å²) in [6.07, 6.45) is 5.84. The van der Waals surface area contributed by atoms with E-state index in [9.17, 15) is 9.59 Å². The van der Waals surface area contributed by atoms with Crippen LogP contribution in [0.3, 0.4) is 0 Å². The standard InChI is InChI=1S/C25H33N3O2/c1-5-27-22(29)25(12-8-14-28(18-25)23(30)24(2,3)4)16-19-9-6-10-20(15-19)21-11-7-13-26-17-21/h6-7,9-11,13,15,17H,5,8,12,14,16,18H2,1-4H3,(H,27,29)/t25-/m1/s1. The van der Waals surface area contributed by atoms with Gasteiger partial charge in [0.25, 0.3) is 0 Å². The van der Waals surface area contributed by atoms with Gasteiger partial charge in [-0.25, -0.2) is 0 Å². The average Bonchev–Trinajstić information content (AvgIpc) is 2.73. The summed E-state index contributed by atoms with van der Waals surface area (Å²) in [5.41, 5.74) is 2.19. The van der Waals surface area contributed by atoms with Crippen LogP contribution in [0.5, 0.6) is 0 Å². The molecule has 1 atom stereocenters. The van der Waals surface area contributed by atoms with Crippen LogP contribution in [0.4, 0.5) is 0 Å². The lowest BCUT2D eigenvalue weighted by molar-refractivity contribution is -0.147. The van der Waals surface area contributed by atoms with Crippen LogP contribution < -0.4 is 5.32 Å². The molecular formula is C25H33N3O2. The summed E-state index contributed by atoms with van der Waals surface area (Å²) >= 11 is 0. The second kappa shape index (κ2) is 8.99. The lowest BCUT2D eigenvalue weighted by Crippen LogP contribution is -2.56. The van der Waals surface area contributed by atoms with Crippen LogP contribution in [0.2, 0.25) is 0 Å². The van der Waals surface area contributed by atoms with Gasteiger partial charge in [-0.1, -0.05) is 51.1 Å². The van der Waals surface area contributed by atoms with Crippen LogP contribution in [0.1, 0.15) is 46.1 Å². The Bertz CT molecular complexity index is 889. The average molecular weight is 408 g/mol. The molecule has 1 aliphatic rings. The molecule has 2 heterocycles. The summed E-state index contributed by atoms with van der Waals surface area (Å²) in [5.74, 6) is 0.156. The van der Waals surface area contributed by atoms with Gasteiger partial charge in [-0.3, -0.25) is 14.6 Å². The molecule has 1 saturated heterocycles. The lowest BCUT2D eigenvalue weighted by Gasteiger charge is -2.43. The molecule has 1 aromatic carbocycles. The van der Waals surface area contributed by atoms with Crippen LogP contribution in [-0.2, 0) is 16.0 Å². The van der Waals surface area contributed by atoms with Gasteiger partial charge in [-0.05, 0) is 48.9 Å². The molecule has 0 bridgehead atoms. The van der Waals surface area contributed by atoms with E-state index in [1.54, 1.807) is 6.20 Å². The summed E-state index contributed by atoms with van der Waals surface area (Å²) in [6.45, 7) is 9.53. The van der Waals surface area contributed by atoms with E-state index in [1.807, 2.05) is 57.0 Å². The highest BCUT2D eigenvalue weighted by atomic mass is 16.2.